The van der Waals surface area contributed by atoms with Crippen molar-refractivity contribution in [3.8, 4) is 0 Å². The van der Waals surface area contributed by atoms with Crippen LogP contribution in [0, 0.1) is 6.92 Å². The average Bonchev–Trinajstić information content (AvgIpc) is 2.73. The number of halogens is 1. The van der Waals surface area contributed by atoms with Crippen molar-refractivity contribution in [3.05, 3.63) is 70.4 Å². The van der Waals surface area contributed by atoms with Gasteiger partial charge in [0.05, 0.1) is 30.0 Å². The maximum Gasteiger partial charge on any atom is 0.257 e. The molecule has 5 nitrogen and oxygen atoms in total. The van der Waals surface area contributed by atoms with Gasteiger partial charge in [0.2, 0.25) is 0 Å². The number of carbonyl (C=O) groups is 1. The van der Waals surface area contributed by atoms with Gasteiger partial charge in [-0.1, -0.05) is 35.9 Å². The summed E-state index contributed by atoms with van der Waals surface area (Å²) >= 11 is 6.25. The zero-order valence-corrected chi connectivity index (χ0v) is 16.5. The molecule has 1 aliphatic rings. The van der Waals surface area contributed by atoms with Gasteiger partial charge in [-0.25, -0.2) is 0 Å². The number of ether oxygens (including phenoxy) is 1. The van der Waals surface area contributed by atoms with Gasteiger partial charge in [0.15, 0.2) is 0 Å². The Morgan fingerprint density at radius 1 is 1.21 bits per heavy atom. The number of hydrogen-bond acceptors (Lipinski definition) is 4. The molecule has 4 rings (SSSR count). The Labute approximate surface area is 169 Å². The number of aryl methyl sites for hydroxylation is 1. The molecular formula is C22H22ClN3O2. The SMILES string of the molecule is Cc1ccccc1CNc1c(C(=O)N2CCOCC2)cnc2ccc(Cl)cc12. The number of amides is 1. The third-order valence-corrected chi connectivity index (χ3v) is 5.31. The Kier molecular flexibility index (Phi) is 5.46. The van der Waals surface area contributed by atoms with Crippen LogP contribution in [0.2, 0.25) is 5.02 Å². The smallest absolute Gasteiger partial charge is 0.257 e. The molecule has 28 heavy (non-hydrogen) atoms. The van der Waals surface area contributed by atoms with Crippen molar-refractivity contribution in [2.75, 3.05) is 31.6 Å². The normalized spacial score (nSPS) is 14.3. The molecule has 3 aromatic rings. The molecular weight excluding hydrogens is 374 g/mol. The van der Waals surface area contributed by atoms with Crippen LogP contribution in [0.1, 0.15) is 21.5 Å². The van der Waals surface area contributed by atoms with Gasteiger partial charge in [0.1, 0.15) is 0 Å². The second kappa shape index (κ2) is 8.17. The predicted octanol–water partition coefficient (Wildman–Crippen LogP) is 4.28. The molecule has 2 heterocycles. The molecule has 1 amide bonds. The molecule has 0 spiro atoms. The summed E-state index contributed by atoms with van der Waals surface area (Å²) in [5.74, 6) is -0.0371. The van der Waals surface area contributed by atoms with Crippen molar-refractivity contribution in [2.45, 2.75) is 13.5 Å². The molecule has 6 heteroatoms. The lowest BCUT2D eigenvalue weighted by Gasteiger charge is -2.28. The first-order valence-corrected chi connectivity index (χ1v) is 9.75. The van der Waals surface area contributed by atoms with Crippen LogP contribution in [0.25, 0.3) is 10.9 Å². The molecule has 1 fully saturated rings. The minimum Gasteiger partial charge on any atom is -0.380 e. The van der Waals surface area contributed by atoms with E-state index in [1.807, 2.05) is 35.2 Å². The minimum atomic E-state index is -0.0371. The predicted molar refractivity (Wildman–Crippen MR) is 112 cm³/mol. The molecule has 0 bridgehead atoms. The van der Waals surface area contributed by atoms with Crippen molar-refractivity contribution in [3.63, 3.8) is 0 Å². The highest BCUT2D eigenvalue weighted by atomic mass is 35.5. The van der Waals surface area contributed by atoms with Gasteiger partial charge in [-0.3, -0.25) is 9.78 Å². The summed E-state index contributed by atoms with van der Waals surface area (Å²) in [7, 11) is 0. The first kappa shape index (κ1) is 18.7. The number of hydrogen-bond donors (Lipinski definition) is 1. The third-order valence-electron chi connectivity index (χ3n) is 5.08. The summed E-state index contributed by atoms with van der Waals surface area (Å²) in [5.41, 5.74) is 4.51. The van der Waals surface area contributed by atoms with Gasteiger partial charge >= 0.3 is 0 Å². The van der Waals surface area contributed by atoms with E-state index in [1.165, 1.54) is 11.1 Å². The van der Waals surface area contributed by atoms with Crippen LogP contribution in [-0.4, -0.2) is 42.1 Å². The van der Waals surface area contributed by atoms with E-state index in [-0.39, 0.29) is 5.91 Å². The van der Waals surface area contributed by atoms with E-state index >= 15 is 0 Å². The van der Waals surface area contributed by atoms with E-state index in [2.05, 4.69) is 29.4 Å². The highest BCUT2D eigenvalue weighted by molar-refractivity contribution is 6.31. The number of aromatic nitrogens is 1. The molecule has 0 saturated carbocycles. The van der Waals surface area contributed by atoms with Gasteiger partial charge in [0, 0.05) is 36.2 Å². The fourth-order valence-electron chi connectivity index (χ4n) is 3.45. The van der Waals surface area contributed by atoms with Crippen LogP contribution < -0.4 is 5.32 Å². The molecule has 144 valence electrons. The number of pyridine rings is 1. The summed E-state index contributed by atoms with van der Waals surface area (Å²) in [6.07, 6.45) is 1.66. The van der Waals surface area contributed by atoms with Crippen molar-refractivity contribution >= 4 is 34.1 Å². The van der Waals surface area contributed by atoms with E-state index in [4.69, 9.17) is 16.3 Å². The van der Waals surface area contributed by atoms with E-state index in [9.17, 15) is 4.79 Å². The second-order valence-corrected chi connectivity index (χ2v) is 7.33. The quantitative estimate of drug-likeness (QED) is 0.716. The summed E-state index contributed by atoms with van der Waals surface area (Å²) in [6.45, 7) is 4.99. The number of benzene rings is 2. The van der Waals surface area contributed by atoms with E-state index < -0.39 is 0 Å². The Morgan fingerprint density at radius 2 is 2.00 bits per heavy atom. The monoisotopic (exact) mass is 395 g/mol. The maximum atomic E-state index is 13.2. The summed E-state index contributed by atoms with van der Waals surface area (Å²) in [5, 5.41) is 4.95. The highest BCUT2D eigenvalue weighted by Crippen LogP contribution is 2.30. The second-order valence-electron chi connectivity index (χ2n) is 6.89. The Morgan fingerprint density at radius 3 is 2.79 bits per heavy atom. The Hall–Kier alpha value is -2.63. The van der Waals surface area contributed by atoms with E-state index in [0.29, 0.717) is 43.4 Å². The molecule has 1 aromatic heterocycles. The average molecular weight is 396 g/mol. The lowest BCUT2D eigenvalue weighted by atomic mass is 10.1. The molecule has 0 aliphatic carbocycles. The number of nitrogens with one attached hydrogen (secondary N) is 1. The Balaban J connectivity index is 1.74. The van der Waals surface area contributed by atoms with Crippen LogP contribution in [0.5, 0.6) is 0 Å². The lowest BCUT2D eigenvalue weighted by Crippen LogP contribution is -2.41. The van der Waals surface area contributed by atoms with Crippen LogP contribution >= 0.6 is 11.6 Å². The van der Waals surface area contributed by atoms with Crippen LogP contribution in [-0.2, 0) is 11.3 Å². The van der Waals surface area contributed by atoms with Crippen LogP contribution in [0.4, 0.5) is 5.69 Å². The van der Waals surface area contributed by atoms with Gasteiger partial charge < -0.3 is 15.0 Å². The van der Waals surface area contributed by atoms with Crippen molar-refractivity contribution < 1.29 is 9.53 Å². The number of anilines is 1. The highest BCUT2D eigenvalue weighted by Gasteiger charge is 2.23. The zero-order chi connectivity index (χ0) is 19.5. The Bertz CT molecular complexity index is 1020. The van der Waals surface area contributed by atoms with E-state index in [1.54, 1.807) is 6.20 Å². The first-order chi connectivity index (χ1) is 13.6. The van der Waals surface area contributed by atoms with Gasteiger partial charge in [0.25, 0.3) is 5.91 Å². The van der Waals surface area contributed by atoms with Gasteiger partial charge in [-0.05, 0) is 36.2 Å². The third kappa shape index (κ3) is 3.81. The first-order valence-electron chi connectivity index (χ1n) is 9.37. The number of morpholine rings is 1. The number of carbonyl (C=O) groups excluding carboxylic acids is 1. The van der Waals surface area contributed by atoms with Crippen LogP contribution in [0.3, 0.4) is 0 Å². The number of fused-ring (bicyclic) bond motifs is 1. The number of rotatable bonds is 4. The molecule has 0 radical (unpaired) electrons. The molecule has 0 unspecified atom stereocenters. The number of nitrogens with zero attached hydrogens (tertiary/aromatic N) is 2. The largest absolute Gasteiger partial charge is 0.380 e. The fourth-order valence-corrected chi connectivity index (χ4v) is 3.62. The van der Waals surface area contributed by atoms with Gasteiger partial charge in [-0.2, -0.15) is 0 Å². The minimum absolute atomic E-state index is 0.0371. The molecule has 1 saturated heterocycles. The summed E-state index contributed by atoms with van der Waals surface area (Å²) in [4.78, 5) is 19.5. The standard InChI is InChI=1S/C22H22ClN3O2/c1-15-4-2-3-5-16(15)13-25-21-18-12-17(23)6-7-20(18)24-14-19(21)22(27)26-8-10-28-11-9-26/h2-7,12,14H,8-11,13H2,1H3,(H,24,25). The summed E-state index contributed by atoms with van der Waals surface area (Å²) in [6, 6.07) is 13.8. The van der Waals surface area contributed by atoms with E-state index in [0.717, 1.165) is 16.6 Å². The van der Waals surface area contributed by atoms with Gasteiger partial charge in [-0.15, -0.1) is 0 Å². The summed E-state index contributed by atoms with van der Waals surface area (Å²) < 4.78 is 5.38. The lowest BCUT2D eigenvalue weighted by molar-refractivity contribution is 0.0303. The fraction of sp³-hybridized carbons (Fsp3) is 0.273. The molecule has 1 aliphatic heterocycles. The molecule has 2 aromatic carbocycles. The van der Waals surface area contributed by atoms with Crippen LogP contribution in [0.15, 0.2) is 48.7 Å². The zero-order valence-electron chi connectivity index (χ0n) is 15.7. The topological polar surface area (TPSA) is 54.5 Å². The van der Waals surface area contributed by atoms with Crippen molar-refractivity contribution in [1.29, 1.82) is 0 Å². The van der Waals surface area contributed by atoms with Crippen molar-refractivity contribution in [2.24, 2.45) is 0 Å². The molecule has 0 atom stereocenters. The van der Waals surface area contributed by atoms with Crippen molar-refractivity contribution in [1.82, 2.24) is 9.88 Å². The maximum absolute atomic E-state index is 13.2. The molecule has 1 N–H and O–H groups in total.